The van der Waals surface area contributed by atoms with Crippen LogP contribution in [0.5, 0.6) is 5.88 Å². The largest absolute Gasteiger partial charge is 0.478 e. The van der Waals surface area contributed by atoms with Gasteiger partial charge in [-0.05, 0) is 38.8 Å². The summed E-state index contributed by atoms with van der Waals surface area (Å²) < 4.78 is 18.0. The number of hydrogen-bond donors (Lipinski definition) is 0. The Bertz CT molecular complexity index is 942. The molecule has 2 aromatic rings. The molecule has 0 amide bonds. The fourth-order valence-electron chi connectivity index (χ4n) is 3.07. The molecule has 1 aromatic carbocycles. The maximum absolute atomic E-state index is 12.3. The smallest absolute Gasteiger partial charge is 0.352 e. The molecule has 2 heterocycles. The lowest BCUT2D eigenvalue weighted by Gasteiger charge is -2.34. The highest BCUT2D eigenvalue weighted by molar-refractivity contribution is 5.89. The summed E-state index contributed by atoms with van der Waals surface area (Å²) in [7, 11) is 0. The van der Waals surface area contributed by atoms with Crippen LogP contribution >= 0.6 is 0 Å². The van der Waals surface area contributed by atoms with Gasteiger partial charge in [-0.25, -0.2) is 9.59 Å². The van der Waals surface area contributed by atoms with Gasteiger partial charge in [0.2, 0.25) is 5.88 Å². The number of benzene rings is 1. The molecule has 154 valence electrons. The Morgan fingerprint density at radius 3 is 2.62 bits per heavy atom. The Balaban J connectivity index is 1.62. The molecule has 1 aromatic heterocycles. The minimum atomic E-state index is -0.585. The van der Waals surface area contributed by atoms with Crippen molar-refractivity contribution < 1.29 is 23.9 Å². The van der Waals surface area contributed by atoms with E-state index >= 15 is 0 Å². The quantitative estimate of drug-likeness (QED) is 0.409. The first-order valence-corrected chi connectivity index (χ1v) is 9.22. The Hall–Kier alpha value is -3.27. The minimum absolute atomic E-state index is 0.104. The van der Waals surface area contributed by atoms with Gasteiger partial charge in [0.15, 0.2) is 0 Å². The summed E-state index contributed by atoms with van der Waals surface area (Å²) in [5.74, 6) is -0.328. The van der Waals surface area contributed by atoms with Crippen LogP contribution in [0.25, 0.3) is 0 Å². The molecule has 0 saturated carbocycles. The summed E-state index contributed by atoms with van der Waals surface area (Å²) in [5.41, 5.74) is -0.362. The molecule has 0 aliphatic carbocycles. The van der Waals surface area contributed by atoms with E-state index in [9.17, 15) is 19.7 Å². The topological polar surface area (TPSA) is 123 Å². The predicted octanol–water partition coefficient (Wildman–Crippen LogP) is 2.47. The Labute approximate surface area is 166 Å². The first-order valence-electron chi connectivity index (χ1n) is 9.22. The summed E-state index contributed by atoms with van der Waals surface area (Å²) in [6, 6.07) is 6.79. The van der Waals surface area contributed by atoms with Gasteiger partial charge in [0.05, 0.1) is 23.2 Å². The van der Waals surface area contributed by atoms with Crippen LogP contribution in [0.3, 0.4) is 0 Å². The fourth-order valence-corrected chi connectivity index (χ4v) is 3.07. The number of nitrogens with zero attached hydrogens (tertiary/aromatic N) is 3. The molecule has 3 atom stereocenters. The highest BCUT2D eigenvalue weighted by atomic mass is 16.6. The van der Waals surface area contributed by atoms with E-state index < -0.39 is 35.0 Å². The highest BCUT2D eigenvalue weighted by Crippen LogP contribution is 2.28. The monoisotopic (exact) mass is 403 g/mol. The molecule has 10 heteroatoms. The second kappa shape index (κ2) is 8.82. The van der Waals surface area contributed by atoms with Crippen molar-refractivity contribution >= 4 is 11.7 Å². The second-order valence-electron chi connectivity index (χ2n) is 6.51. The Morgan fingerprint density at radius 1 is 1.31 bits per heavy atom. The number of nitro groups is 1. The fraction of sp³-hybridized carbons (Fsp3) is 0.421. The zero-order chi connectivity index (χ0) is 21.0. The number of hydrogen-bond acceptors (Lipinski definition) is 8. The molecule has 1 saturated heterocycles. The first kappa shape index (κ1) is 20.5. The Morgan fingerprint density at radius 2 is 2.03 bits per heavy atom. The third-order valence-corrected chi connectivity index (χ3v) is 4.57. The van der Waals surface area contributed by atoms with Crippen LogP contribution < -0.4 is 10.4 Å². The number of carbonyl (C=O) groups excluding carboxylic acids is 1. The maximum atomic E-state index is 12.3. The van der Waals surface area contributed by atoms with Gasteiger partial charge in [0, 0.05) is 24.4 Å². The SMILES string of the molecule is CCOc1ccn(C2CCC(OC(=O)c3ccc([N+](=O)[O-])cc3)C(C)O2)c(=O)n1. The van der Waals surface area contributed by atoms with Crippen molar-refractivity contribution in [3.05, 3.63) is 62.7 Å². The van der Waals surface area contributed by atoms with Gasteiger partial charge in [-0.1, -0.05) is 0 Å². The number of carbonyl (C=O) groups is 1. The van der Waals surface area contributed by atoms with Crippen molar-refractivity contribution in [1.29, 1.82) is 0 Å². The van der Waals surface area contributed by atoms with Gasteiger partial charge in [-0.15, -0.1) is 0 Å². The van der Waals surface area contributed by atoms with E-state index in [4.69, 9.17) is 14.2 Å². The van der Waals surface area contributed by atoms with Gasteiger partial charge < -0.3 is 14.2 Å². The van der Waals surface area contributed by atoms with Gasteiger partial charge in [0.1, 0.15) is 12.3 Å². The van der Waals surface area contributed by atoms with Gasteiger partial charge >= 0.3 is 11.7 Å². The van der Waals surface area contributed by atoms with Gasteiger partial charge in [-0.3, -0.25) is 14.7 Å². The van der Waals surface area contributed by atoms with Crippen LogP contribution in [0.1, 0.15) is 43.3 Å². The standard InChI is InChI=1S/C19H21N3O7/c1-3-27-16-10-11-21(19(24)20-16)17-9-8-15(12(2)28-17)29-18(23)13-4-6-14(7-5-13)22(25)26/h4-7,10-12,15,17H,3,8-9H2,1-2H3. The van der Waals surface area contributed by atoms with Gasteiger partial charge in [-0.2, -0.15) is 4.98 Å². The van der Waals surface area contributed by atoms with E-state index in [0.717, 1.165) is 0 Å². The minimum Gasteiger partial charge on any atom is -0.478 e. The predicted molar refractivity (Wildman–Crippen MR) is 101 cm³/mol. The summed E-state index contributed by atoms with van der Waals surface area (Å²) in [5, 5.41) is 10.7. The molecule has 1 aliphatic rings. The summed E-state index contributed by atoms with van der Waals surface area (Å²) in [6.07, 6.45) is 1.05. The molecule has 0 radical (unpaired) electrons. The van der Waals surface area contributed by atoms with Crippen molar-refractivity contribution in [3.63, 3.8) is 0 Å². The zero-order valence-corrected chi connectivity index (χ0v) is 16.0. The number of ether oxygens (including phenoxy) is 3. The van der Waals surface area contributed by atoms with Crippen LogP contribution in [-0.4, -0.2) is 39.3 Å². The van der Waals surface area contributed by atoms with Crippen molar-refractivity contribution in [3.8, 4) is 5.88 Å². The molecular weight excluding hydrogens is 382 g/mol. The third-order valence-electron chi connectivity index (χ3n) is 4.57. The van der Waals surface area contributed by atoms with Crippen molar-refractivity contribution in [2.75, 3.05) is 6.61 Å². The average molecular weight is 403 g/mol. The molecule has 0 spiro atoms. The lowest BCUT2D eigenvalue weighted by molar-refractivity contribution is -0.384. The summed E-state index contributed by atoms with van der Waals surface area (Å²) >= 11 is 0. The molecule has 10 nitrogen and oxygen atoms in total. The normalized spacial score (nSPS) is 21.4. The number of non-ortho nitro benzene ring substituents is 1. The molecule has 1 aliphatic heterocycles. The van der Waals surface area contributed by atoms with E-state index in [-0.39, 0.29) is 17.1 Å². The lowest BCUT2D eigenvalue weighted by atomic mass is 10.0. The molecule has 1 fully saturated rings. The van der Waals surface area contributed by atoms with Crippen LogP contribution in [-0.2, 0) is 9.47 Å². The molecule has 0 N–H and O–H groups in total. The third kappa shape index (κ3) is 4.77. The number of nitro benzene ring substituents is 1. The Kier molecular flexibility index (Phi) is 6.23. The van der Waals surface area contributed by atoms with Crippen LogP contribution in [0, 0.1) is 10.1 Å². The average Bonchev–Trinajstić information content (AvgIpc) is 2.70. The molecule has 29 heavy (non-hydrogen) atoms. The maximum Gasteiger partial charge on any atom is 0.352 e. The molecule has 3 unspecified atom stereocenters. The van der Waals surface area contributed by atoms with E-state index in [1.54, 1.807) is 26.1 Å². The first-order chi connectivity index (χ1) is 13.9. The zero-order valence-electron chi connectivity index (χ0n) is 16.0. The van der Waals surface area contributed by atoms with E-state index in [0.29, 0.717) is 19.4 Å². The number of aromatic nitrogens is 2. The van der Waals surface area contributed by atoms with Crippen LogP contribution in [0.15, 0.2) is 41.3 Å². The van der Waals surface area contributed by atoms with Crippen molar-refractivity contribution in [2.24, 2.45) is 0 Å². The van der Waals surface area contributed by atoms with Crippen molar-refractivity contribution in [1.82, 2.24) is 9.55 Å². The van der Waals surface area contributed by atoms with Crippen molar-refractivity contribution in [2.45, 2.75) is 45.1 Å². The van der Waals surface area contributed by atoms with E-state index in [2.05, 4.69) is 4.98 Å². The van der Waals surface area contributed by atoms with E-state index in [1.165, 1.54) is 28.8 Å². The second-order valence-corrected chi connectivity index (χ2v) is 6.51. The van der Waals surface area contributed by atoms with Crippen LogP contribution in [0.4, 0.5) is 5.69 Å². The van der Waals surface area contributed by atoms with Gasteiger partial charge in [0.25, 0.3) is 5.69 Å². The molecule has 0 bridgehead atoms. The summed E-state index contributed by atoms with van der Waals surface area (Å²) in [4.78, 5) is 38.5. The number of rotatable bonds is 6. The molecular formula is C19H21N3O7. The van der Waals surface area contributed by atoms with Crippen LogP contribution in [0.2, 0.25) is 0 Å². The lowest BCUT2D eigenvalue weighted by Crippen LogP contribution is -2.41. The number of esters is 1. The summed E-state index contributed by atoms with van der Waals surface area (Å²) in [6.45, 7) is 3.97. The highest BCUT2D eigenvalue weighted by Gasteiger charge is 2.32. The van der Waals surface area contributed by atoms with E-state index in [1.807, 2.05) is 0 Å². The molecule has 3 rings (SSSR count).